The maximum absolute atomic E-state index is 5.85. The van der Waals surface area contributed by atoms with Gasteiger partial charge in [0.05, 0.1) is 6.20 Å². The van der Waals surface area contributed by atoms with E-state index in [2.05, 4.69) is 4.98 Å². The first kappa shape index (κ1) is 12.7. The van der Waals surface area contributed by atoms with Crippen molar-refractivity contribution in [1.29, 1.82) is 0 Å². The highest BCUT2D eigenvalue weighted by molar-refractivity contribution is 6.30. The molecule has 0 saturated heterocycles. The summed E-state index contributed by atoms with van der Waals surface area (Å²) in [6.07, 6.45) is 1.70. The minimum absolute atomic E-state index is 0.466. The third-order valence-corrected chi connectivity index (χ3v) is 2.54. The average molecular weight is 264 g/mol. The Labute approximate surface area is 111 Å². The molecule has 0 amide bonds. The van der Waals surface area contributed by atoms with Crippen LogP contribution in [0.3, 0.4) is 0 Å². The predicted octanol–water partition coefficient (Wildman–Crippen LogP) is 3.50. The molecule has 1 heterocycles. The SMILES string of the molecule is Cc1ccc(OCCOc2cccc(Cl)c2)cn1. The normalized spacial score (nSPS) is 10.1. The van der Waals surface area contributed by atoms with E-state index < -0.39 is 0 Å². The van der Waals surface area contributed by atoms with Gasteiger partial charge in [0.25, 0.3) is 0 Å². The molecule has 1 aromatic heterocycles. The Kier molecular flexibility index (Phi) is 4.42. The Balaban J connectivity index is 1.74. The van der Waals surface area contributed by atoms with Gasteiger partial charge in [-0.3, -0.25) is 4.98 Å². The Morgan fingerprint density at radius 3 is 2.50 bits per heavy atom. The van der Waals surface area contributed by atoms with Crippen LogP contribution in [0.2, 0.25) is 5.02 Å². The molecule has 0 aliphatic carbocycles. The minimum atomic E-state index is 0.466. The fourth-order valence-electron chi connectivity index (χ4n) is 1.42. The number of rotatable bonds is 5. The molecule has 2 aromatic rings. The summed E-state index contributed by atoms with van der Waals surface area (Å²) in [5.41, 5.74) is 0.970. The lowest BCUT2D eigenvalue weighted by atomic mass is 10.3. The quantitative estimate of drug-likeness (QED) is 0.774. The fourth-order valence-corrected chi connectivity index (χ4v) is 1.60. The van der Waals surface area contributed by atoms with Gasteiger partial charge in [-0.25, -0.2) is 0 Å². The monoisotopic (exact) mass is 263 g/mol. The van der Waals surface area contributed by atoms with Crippen molar-refractivity contribution in [2.45, 2.75) is 6.92 Å². The summed E-state index contributed by atoms with van der Waals surface area (Å²) in [4.78, 5) is 4.14. The molecule has 0 N–H and O–H groups in total. The highest BCUT2D eigenvalue weighted by Crippen LogP contribution is 2.17. The summed E-state index contributed by atoms with van der Waals surface area (Å²) in [5.74, 6) is 1.49. The summed E-state index contributed by atoms with van der Waals surface area (Å²) in [6, 6.07) is 11.1. The van der Waals surface area contributed by atoms with Crippen LogP contribution < -0.4 is 9.47 Å². The van der Waals surface area contributed by atoms with Gasteiger partial charge in [-0.2, -0.15) is 0 Å². The number of nitrogens with zero attached hydrogens (tertiary/aromatic N) is 1. The molecule has 0 aliphatic heterocycles. The van der Waals surface area contributed by atoms with Crippen molar-refractivity contribution >= 4 is 11.6 Å². The zero-order valence-corrected chi connectivity index (χ0v) is 10.9. The van der Waals surface area contributed by atoms with Crippen molar-refractivity contribution < 1.29 is 9.47 Å². The van der Waals surface area contributed by atoms with Crippen LogP contribution in [0.5, 0.6) is 11.5 Å². The molecular weight excluding hydrogens is 250 g/mol. The van der Waals surface area contributed by atoms with Crippen LogP contribution in [0.15, 0.2) is 42.6 Å². The number of halogens is 1. The molecular formula is C14H14ClNO2. The van der Waals surface area contributed by atoms with Crippen molar-refractivity contribution in [1.82, 2.24) is 4.98 Å². The number of ether oxygens (including phenoxy) is 2. The van der Waals surface area contributed by atoms with E-state index in [1.54, 1.807) is 12.3 Å². The highest BCUT2D eigenvalue weighted by Gasteiger charge is 1.97. The standard InChI is InChI=1S/C14H14ClNO2/c1-11-5-6-14(10-16-11)18-8-7-17-13-4-2-3-12(15)9-13/h2-6,9-10H,7-8H2,1H3. The molecule has 2 rings (SSSR count). The van der Waals surface area contributed by atoms with Crippen LogP contribution in [0.4, 0.5) is 0 Å². The van der Waals surface area contributed by atoms with Gasteiger partial charge in [-0.1, -0.05) is 17.7 Å². The van der Waals surface area contributed by atoms with Gasteiger partial charge in [0.2, 0.25) is 0 Å². The molecule has 0 spiro atoms. The topological polar surface area (TPSA) is 31.4 Å². The lowest BCUT2D eigenvalue weighted by molar-refractivity contribution is 0.216. The number of benzene rings is 1. The second kappa shape index (κ2) is 6.26. The number of aryl methyl sites for hydroxylation is 1. The van der Waals surface area contributed by atoms with Gasteiger partial charge in [0.15, 0.2) is 0 Å². The Bertz CT molecular complexity index is 499. The van der Waals surface area contributed by atoms with E-state index in [1.165, 1.54) is 0 Å². The third-order valence-electron chi connectivity index (χ3n) is 2.30. The maximum atomic E-state index is 5.85. The molecule has 3 nitrogen and oxygen atoms in total. The van der Waals surface area contributed by atoms with E-state index in [-0.39, 0.29) is 0 Å². The van der Waals surface area contributed by atoms with Gasteiger partial charge in [0, 0.05) is 10.7 Å². The fraction of sp³-hybridized carbons (Fsp3) is 0.214. The van der Waals surface area contributed by atoms with Crippen molar-refractivity contribution in [2.24, 2.45) is 0 Å². The third kappa shape index (κ3) is 3.93. The molecule has 0 atom stereocenters. The smallest absolute Gasteiger partial charge is 0.137 e. The first-order valence-electron chi connectivity index (χ1n) is 5.68. The van der Waals surface area contributed by atoms with Gasteiger partial charge in [-0.15, -0.1) is 0 Å². The van der Waals surface area contributed by atoms with Gasteiger partial charge in [0.1, 0.15) is 24.7 Å². The molecule has 0 unspecified atom stereocenters. The van der Waals surface area contributed by atoms with E-state index in [0.717, 1.165) is 17.2 Å². The Morgan fingerprint density at radius 1 is 1.06 bits per heavy atom. The van der Waals surface area contributed by atoms with Crippen molar-refractivity contribution in [2.75, 3.05) is 13.2 Å². The van der Waals surface area contributed by atoms with Crippen molar-refractivity contribution in [3.63, 3.8) is 0 Å². The summed E-state index contributed by atoms with van der Waals surface area (Å²) in [6.45, 7) is 2.87. The van der Waals surface area contributed by atoms with Crippen LogP contribution in [0.1, 0.15) is 5.69 Å². The summed E-state index contributed by atoms with van der Waals surface area (Å²) < 4.78 is 11.0. The maximum Gasteiger partial charge on any atom is 0.137 e. The predicted molar refractivity (Wildman–Crippen MR) is 71.4 cm³/mol. The van der Waals surface area contributed by atoms with E-state index in [0.29, 0.717) is 18.2 Å². The molecule has 0 aliphatic rings. The van der Waals surface area contributed by atoms with E-state index >= 15 is 0 Å². The molecule has 0 radical (unpaired) electrons. The van der Waals surface area contributed by atoms with Crippen LogP contribution in [0, 0.1) is 6.92 Å². The van der Waals surface area contributed by atoms with Crippen LogP contribution >= 0.6 is 11.6 Å². The van der Waals surface area contributed by atoms with Crippen molar-refractivity contribution in [3.05, 3.63) is 53.3 Å². The molecule has 0 fully saturated rings. The first-order valence-corrected chi connectivity index (χ1v) is 6.06. The molecule has 1 aromatic carbocycles. The van der Waals surface area contributed by atoms with Gasteiger partial charge in [-0.05, 0) is 37.3 Å². The van der Waals surface area contributed by atoms with Crippen molar-refractivity contribution in [3.8, 4) is 11.5 Å². The largest absolute Gasteiger partial charge is 0.490 e. The zero-order valence-electron chi connectivity index (χ0n) is 10.1. The summed E-state index contributed by atoms with van der Waals surface area (Å²) >= 11 is 5.85. The lowest BCUT2D eigenvalue weighted by Gasteiger charge is -2.08. The first-order chi connectivity index (χ1) is 8.74. The molecule has 0 saturated carbocycles. The Morgan fingerprint density at radius 2 is 1.83 bits per heavy atom. The number of hydrogen-bond donors (Lipinski definition) is 0. The van der Waals surface area contributed by atoms with Gasteiger partial charge < -0.3 is 9.47 Å². The molecule has 18 heavy (non-hydrogen) atoms. The lowest BCUT2D eigenvalue weighted by Crippen LogP contribution is -2.09. The molecule has 0 bridgehead atoms. The van der Waals surface area contributed by atoms with E-state index in [4.69, 9.17) is 21.1 Å². The van der Waals surface area contributed by atoms with Crippen LogP contribution in [-0.4, -0.2) is 18.2 Å². The highest BCUT2D eigenvalue weighted by atomic mass is 35.5. The zero-order chi connectivity index (χ0) is 12.8. The number of hydrogen-bond acceptors (Lipinski definition) is 3. The second-order valence-corrected chi connectivity index (χ2v) is 4.23. The second-order valence-electron chi connectivity index (χ2n) is 3.79. The molecule has 4 heteroatoms. The Hall–Kier alpha value is -1.74. The number of aromatic nitrogens is 1. The van der Waals surface area contributed by atoms with E-state index in [9.17, 15) is 0 Å². The minimum Gasteiger partial charge on any atom is -0.490 e. The molecule has 94 valence electrons. The van der Waals surface area contributed by atoms with Crippen LogP contribution in [-0.2, 0) is 0 Å². The van der Waals surface area contributed by atoms with Crippen LogP contribution in [0.25, 0.3) is 0 Å². The van der Waals surface area contributed by atoms with Gasteiger partial charge >= 0.3 is 0 Å². The average Bonchev–Trinajstić information content (AvgIpc) is 2.37. The van der Waals surface area contributed by atoms with E-state index in [1.807, 2.05) is 37.3 Å². The summed E-state index contributed by atoms with van der Waals surface area (Å²) in [7, 11) is 0. The summed E-state index contributed by atoms with van der Waals surface area (Å²) in [5, 5.41) is 0.663. The number of pyridine rings is 1.